The average molecular weight is 167 g/mol. The molecule has 0 bridgehead atoms. The fourth-order valence-electron chi connectivity index (χ4n) is 1.00. The van der Waals surface area contributed by atoms with Gasteiger partial charge in [-0.1, -0.05) is 34.6 Å². The van der Waals surface area contributed by atoms with Crippen LogP contribution >= 0.6 is 0 Å². The van der Waals surface area contributed by atoms with E-state index in [2.05, 4.69) is 37.9 Å². The number of H-pyrrole nitrogens is 1. The van der Waals surface area contributed by atoms with Crippen LogP contribution < -0.4 is 0 Å². The van der Waals surface area contributed by atoms with Crippen LogP contribution in [-0.4, -0.2) is 4.98 Å². The van der Waals surface area contributed by atoms with Crippen LogP contribution in [0.4, 0.5) is 0 Å². The Bertz CT molecular complexity index is 199. The Hall–Kier alpha value is -0.720. The summed E-state index contributed by atoms with van der Waals surface area (Å²) in [4.78, 5) is 3.36. The molecule has 0 amide bonds. The summed E-state index contributed by atoms with van der Waals surface area (Å²) in [6.07, 6.45) is 1.10. The summed E-state index contributed by atoms with van der Waals surface area (Å²) in [5, 5.41) is 0. The normalized spacial score (nSPS) is 9.50. The number of aromatic nitrogens is 1. The fourth-order valence-corrected chi connectivity index (χ4v) is 1.00. The largest absolute Gasteiger partial charge is 0.362 e. The van der Waals surface area contributed by atoms with Gasteiger partial charge >= 0.3 is 0 Å². The lowest BCUT2D eigenvalue weighted by Crippen LogP contribution is -1.87. The summed E-state index contributed by atoms with van der Waals surface area (Å²) in [6.45, 7) is 10.6. The summed E-state index contributed by atoms with van der Waals surface area (Å²) in [7, 11) is 0. The van der Waals surface area contributed by atoms with Crippen molar-refractivity contribution in [1.29, 1.82) is 0 Å². The second-order valence-electron chi connectivity index (χ2n) is 2.95. The molecule has 0 aliphatic heterocycles. The molecule has 1 heterocycles. The molecule has 0 aromatic carbocycles. The quantitative estimate of drug-likeness (QED) is 0.691. The van der Waals surface area contributed by atoms with Gasteiger partial charge in [0.1, 0.15) is 0 Å². The van der Waals surface area contributed by atoms with Gasteiger partial charge in [0.2, 0.25) is 0 Å². The summed E-state index contributed by atoms with van der Waals surface area (Å²) in [5.74, 6) is 0.625. The van der Waals surface area contributed by atoms with Crippen LogP contribution in [0, 0.1) is 0 Å². The van der Waals surface area contributed by atoms with Gasteiger partial charge in [0.05, 0.1) is 0 Å². The maximum atomic E-state index is 3.36. The van der Waals surface area contributed by atoms with E-state index in [4.69, 9.17) is 0 Å². The molecule has 0 saturated carbocycles. The van der Waals surface area contributed by atoms with Crippen molar-refractivity contribution in [1.82, 2.24) is 4.98 Å². The van der Waals surface area contributed by atoms with Gasteiger partial charge in [-0.15, -0.1) is 0 Å². The molecule has 1 aromatic rings. The molecular formula is C11H21N. The zero-order valence-electron chi connectivity index (χ0n) is 8.94. The van der Waals surface area contributed by atoms with Crippen molar-refractivity contribution >= 4 is 0 Å². The van der Waals surface area contributed by atoms with Crippen molar-refractivity contribution < 1.29 is 0 Å². The molecule has 0 atom stereocenters. The molecule has 0 saturated heterocycles. The zero-order valence-corrected chi connectivity index (χ0v) is 8.94. The molecule has 0 aliphatic carbocycles. The Morgan fingerprint density at radius 2 is 1.83 bits per heavy atom. The highest BCUT2D eigenvalue weighted by Gasteiger charge is 1.99. The van der Waals surface area contributed by atoms with Crippen LogP contribution in [0.2, 0.25) is 0 Å². The van der Waals surface area contributed by atoms with E-state index in [1.54, 1.807) is 0 Å². The van der Waals surface area contributed by atoms with Gasteiger partial charge in [-0.05, 0) is 24.5 Å². The lowest BCUT2D eigenvalue weighted by Gasteiger charge is -1.98. The summed E-state index contributed by atoms with van der Waals surface area (Å²) in [5.41, 5.74) is 2.68. The zero-order chi connectivity index (χ0) is 9.56. The van der Waals surface area contributed by atoms with Crippen molar-refractivity contribution in [3.05, 3.63) is 23.5 Å². The van der Waals surface area contributed by atoms with Crippen LogP contribution in [0.15, 0.2) is 12.1 Å². The first-order valence-corrected chi connectivity index (χ1v) is 4.91. The Kier molecular flexibility index (Phi) is 5.52. The number of nitrogens with one attached hydrogen (secondary N) is 1. The molecule has 0 radical (unpaired) electrons. The minimum Gasteiger partial charge on any atom is -0.362 e. The molecule has 0 aliphatic rings. The van der Waals surface area contributed by atoms with Crippen molar-refractivity contribution in [2.24, 2.45) is 0 Å². The average Bonchev–Trinajstić information content (AvgIpc) is 2.55. The van der Waals surface area contributed by atoms with Crippen LogP contribution in [-0.2, 0) is 6.42 Å². The number of aryl methyl sites for hydroxylation is 1. The Balaban J connectivity index is 0.000000561. The first kappa shape index (κ1) is 11.3. The van der Waals surface area contributed by atoms with Gasteiger partial charge in [0, 0.05) is 11.4 Å². The van der Waals surface area contributed by atoms with Crippen LogP contribution in [0.5, 0.6) is 0 Å². The second kappa shape index (κ2) is 5.87. The van der Waals surface area contributed by atoms with Gasteiger partial charge in [-0.2, -0.15) is 0 Å². The fraction of sp³-hybridized carbons (Fsp3) is 0.636. The van der Waals surface area contributed by atoms with Crippen LogP contribution in [0.1, 0.15) is 51.9 Å². The molecule has 0 spiro atoms. The molecule has 0 fully saturated rings. The van der Waals surface area contributed by atoms with Gasteiger partial charge in [0.15, 0.2) is 0 Å². The Labute approximate surface area is 76.2 Å². The number of aromatic amines is 1. The van der Waals surface area contributed by atoms with Crippen molar-refractivity contribution in [2.75, 3.05) is 0 Å². The predicted molar refractivity (Wildman–Crippen MR) is 55.6 cm³/mol. The van der Waals surface area contributed by atoms with E-state index in [-0.39, 0.29) is 0 Å². The number of hydrogen-bond acceptors (Lipinski definition) is 0. The third-order valence-corrected chi connectivity index (χ3v) is 1.77. The minimum atomic E-state index is 0.625. The van der Waals surface area contributed by atoms with E-state index in [1.165, 1.54) is 11.4 Å². The maximum Gasteiger partial charge on any atom is 0.0175 e. The highest BCUT2D eigenvalue weighted by molar-refractivity contribution is 5.15. The summed E-state index contributed by atoms with van der Waals surface area (Å²) in [6, 6.07) is 4.33. The standard InChI is InChI=1S/C9H15N.C2H6/c1-4-8-5-6-9(10-8)7(2)3;1-2/h5-7,10H,4H2,1-3H3;1-2H3. The van der Waals surface area contributed by atoms with E-state index >= 15 is 0 Å². The van der Waals surface area contributed by atoms with Crippen molar-refractivity contribution in [3.63, 3.8) is 0 Å². The van der Waals surface area contributed by atoms with Crippen LogP contribution in [0.3, 0.4) is 0 Å². The molecule has 1 N–H and O–H groups in total. The van der Waals surface area contributed by atoms with E-state index in [0.717, 1.165) is 6.42 Å². The first-order chi connectivity index (χ1) is 5.74. The molecule has 1 aromatic heterocycles. The molecule has 0 unspecified atom stereocenters. The highest BCUT2D eigenvalue weighted by atomic mass is 14.7. The summed E-state index contributed by atoms with van der Waals surface area (Å²) < 4.78 is 0. The molecule has 1 nitrogen and oxygen atoms in total. The molecular weight excluding hydrogens is 146 g/mol. The second-order valence-corrected chi connectivity index (χ2v) is 2.95. The smallest absolute Gasteiger partial charge is 0.0175 e. The summed E-state index contributed by atoms with van der Waals surface area (Å²) >= 11 is 0. The van der Waals surface area contributed by atoms with Gasteiger partial charge in [-0.3, -0.25) is 0 Å². The highest BCUT2D eigenvalue weighted by Crippen LogP contribution is 2.12. The molecule has 1 heteroatoms. The van der Waals surface area contributed by atoms with Gasteiger partial charge in [-0.25, -0.2) is 0 Å². The van der Waals surface area contributed by atoms with Crippen molar-refractivity contribution in [2.45, 2.75) is 47.0 Å². The SMILES string of the molecule is CC.CCc1ccc(C(C)C)[nH]1. The van der Waals surface area contributed by atoms with E-state index < -0.39 is 0 Å². The van der Waals surface area contributed by atoms with E-state index in [0.29, 0.717) is 5.92 Å². The van der Waals surface area contributed by atoms with Gasteiger partial charge in [0.25, 0.3) is 0 Å². The third kappa shape index (κ3) is 3.12. The first-order valence-electron chi connectivity index (χ1n) is 4.91. The maximum absolute atomic E-state index is 3.36. The van der Waals surface area contributed by atoms with E-state index in [1.807, 2.05) is 13.8 Å². The number of rotatable bonds is 2. The molecule has 12 heavy (non-hydrogen) atoms. The number of hydrogen-bond donors (Lipinski definition) is 1. The lowest BCUT2D eigenvalue weighted by atomic mass is 10.1. The predicted octanol–water partition coefficient (Wildman–Crippen LogP) is 3.73. The Morgan fingerprint density at radius 3 is 2.08 bits per heavy atom. The minimum absolute atomic E-state index is 0.625. The molecule has 70 valence electrons. The van der Waals surface area contributed by atoms with E-state index in [9.17, 15) is 0 Å². The Morgan fingerprint density at radius 1 is 1.25 bits per heavy atom. The monoisotopic (exact) mass is 167 g/mol. The lowest BCUT2D eigenvalue weighted by molar-refractivity contribution is 0.823. The third-order valence-electron chi connectivity index (χ3n) is 1.77. The van der Waals surface area contributed by atoms with Gasteiger partial charge < -0.3 is 4.98 Å². The van der Waals surface area contributed by atoms with Crippen molar-refractivity contribution in [3.8, 4) is 0 Å². The van der Waals surface area contributed by atoms with Crippen LogP contribution in [0.25, 0.3) is 0 Å². The molecule has 1 rings (SSSR count). The topological polar surface area (TPSA) is 15.8 Å².